The largest absolute Gasteiger partial charge is 0.497 e. The van der Waals surface area contributed by atoms with E-state index in [2.05, 4.69) is 15.6 Å². The molecular weight excluding hydrogens is 438 g/mol. The first kappa shape index (κ1) is 22.3. The van der Waals surface area contributed by atoms with Crippen molar-refractivity contribution in [2.75, 3.05) is 19.5 Å². The summed E-state index contributed by atoms with van der Waals surface area (Å²) in [5, 5.41) is 5.94. The van der Waals surface area contributed by atoms with Crippen molar-refractivity contribution in [3.63, 3.8) is 0 Å². The number of ether oxygens (including phenoxy) is 2. The van der Waals surface area contributed by atoms with Crippen LogP contribution in [0.3, 0.4) is 0 Å². The first-order valence-corrected chi connectivity index (χ1v) is 10.6. The van der Waals surface area contributed by atoms with Crippen molar-refractivity contribution in [2.45, 2.75) is 13.8 Å². The number of oxazole rings is 1. The summed E-state index contributed by atoms with van der Waals surface area (Å²) in [6, 6.07) is 16.6. The van der Waals surface area contributed by atoms with Gasteiger partial charge in [0.05, 0.1) is 14.2 Å². The van der Waals surface area contributed by atoms with Gasteiger partial charge in [0, 0.05) is 22.9 Å². The number of nitrogens with zero attached hydrogens (tertiary/aromatic N) is 1. The summed E-state index contributed by atoms with van der Waals surface area (Å²) in [5.41, 5.74) is 5.47. The Morgan fingerprint density at radius 1 is 0.970 bits per heavy atom. The summed E-state index contributed by atoms with van der Waals surface area (Å²) in [7, 11) is 3.05. The smallest absolute Gasteiger partial charge is 0.257 e. The molecule has 0 radical (unpaired) electrons. The van der Waals surface area contributed by atoms with Gasteiger partial charge in [0.1, 0.15) is 17.0 Å². The van der Waals surface area contributed by atoms with Crippen LogP contribution in [-0.2, 0) is 0 Å². The van der Waals surface area contributed by atoms with Crippen molar-refractivity contribution in [3.8, 4) is 23.0 Å². The number of benzene rings is 3. The number of hydrogen-bond acceptors (Lipinski definition) is 6. The Bertz CT molecular complexity index is 1340. The molecule has 0 spiro atoms. The van der Waals surface area contributed by atoms with Crippen LogP contribution in [0.1, 0.15) is 21.5 Å². The fraction of sp³-hybridized carbons (Fsp3) is 0.160. The fourth-order valence-corrected chi connectivity index (χ4v) is 3.52. The molecule has 8 heteroatoms. The zero-order valence-corrected chi connectivity index (χ0v) is 19.5. The summed E-state index contributed by atoms with van der Waals surface area (Å²) >= 11 is 5.38. The Labute approximate surface area is 196 Å². The van der Waals surface area contributed by atoms with Gasteiger partial charge in [0.15, 0.2) is 10.7 Å². The van der Waals surface area contributed by atoms with E-state index in [-0.39, 0.29) is 11.0 Å². The number of fused-ring (bicyclic) bond motifs is 1. The molecule has 168 valence electrons. The van der Waals surface area contributed by atoms with Crippen LogP contribution in [0.4, 0.5) is 5.69 Å². The molecule has 1 heterocycles. The Kier molecular flexibility index (Phi) is 6.28. The first-order valence-electron chi connectivity index (χ1n) is 10.2. The van der Waals surface area contributed by atoms with Crippen LogP contribution in [0.25, 0.3) is 22.6 Å². The predicted molar refractivity (Wildman–Crippen MR) is 132 cm³/mol. The summed E-state index contributed by atoms with van der Waals surface area (Å²) in [6.07, 6.45) is 0. The number of amides is 1. The number of aryl methyl sites for hydroxylation is 2. The minimum atomic E-state index is -0.382. The number of methoxy groups -OCH3 is 2. The van der Waals surface area contributed by atoms with Crippen molar-refractivity contribution in [1.29, 1.82) is 0 Å². The van der Waals surface area contributed by atoms with Crippen LogP contribution in [0.2, 0.25) is 0 Å². The molecule has 1 aromatic heterocycles. The molecule has 7 nitrogen and oxygen atoms in total. The van der Waals surface area contributed by atoms with Gasteiger partial charge in [0.25, 0.3) is 5.91 Å². The van der Waals surface area contributed by atoms with Crippen LogP contribution in [0, 0.1) is 13.8 Å². The van der Waals surface area contributed by atoms with Gasteiger partial charge in [0.2, 0.25) is 5.89 Å². The number of thiocarbonyl (C=S) groups is 1. The topological polar surface area (TPSA) is 85.6 Å². The summed E-state index contributed by atoms with van der Waals surface area (Å²) in [5.74, 6) is 1.15. The molecule has 0 atom stereocenters. The van der Waals surface area contributed by atoms with Crippen LogP contribution in [-0.4, -0.2) is 30.2 Å². The van der Waals surface area contributed by atoms with E-state index in [9.17, 15) is 4.79 Å². The lowest BCUT2D eigenvalue weighted by Gasteiger charge is -2.13. The number of hydrogen-bond donors (Lipinski definition) is 2. The third-order valence-electron chi connectivity index (χ3n) is 5.12. The number of aromatic nitrogens is 1. The van der Waals surface area contributed by atoms with Gasteiger partial charge in [-0.15, -0.1) is 0 Å². The lowest BCUT2D eigenvalue weighted by molar-refractivity contribution is 0.0977. The molecule has 2 N–H and O–H groups in total. The van der Waals surface area contributed by atoms with E-state index in [1.165, 1.54) is 14.2 Å². The quantitative estimate of drug-likeness (QED) is 0.392. The Hall–Kier alpha value is -3.91. The predicted octanol–water partition coefficient (Wildman–Crippen LogP) is 5.26. The third-order valence-corrected chi connectivity index (χ3v) is 5.32. The Morgan fingerprint density at radius 2 is 1.70 bits per heavy atom. The molecule has 1 amide bonds. The number of carbonyl (C=O) groups excluding carboxylic acids is 1. The number of nitrogens with one attached hydrogen (secondary N) is 2. The van der Waals surface area contributed by atoms with Gasteiger partial charge >= 0.3 is 0 Å². The van der Waals surface area contributed by atoms with E-state index in [0.29, 0.717) is 23.0 Å². The molecule has 0 fully saturated rings. The lowest BCUT2D eigenvalue weighted by Crippen LogP contribution is -2.34. The summed E-state index contributed by atoms with van der Waals surface area (Å²) < 4.78 is 16.4. The highest BCUT2D eigenvalue weighted by atomic mass is 32.1. The minimum absolute atomic E-state index is 0.162. The zero-order valence-electron chi connectivity index (χ0n) is 18.7. The van der Waals surface area contributed by atoms with Crippen molar-refractivity contribution in [2.24, 2.45) is 0 Å². The number of rotatable bonds is 5. The van der Waals surface area contributed by atoms with E-state index in [0.717, 1.165) is 33.5 Å². The van der Waals surface area contributed by atoms with E-state index in [1.54, 1.807) is 18.2 Å². The molecule has 4 aromatic rings. The summed E-state index contributed by atoms with van der Waals surface area (Å²) in [6.45, 7) is 3.95. The second-order valence-corrected chi connectivity index (χ2v) is 7.94. The molecule has 0 saturated heterocycles. The minimum Gasteiger partial charge on any atom is -0.497 e. The van der Waals surface area contributed by atoms with E-state index < -0.39 is 0 Å². The molecule has 3 aromatic carbocycles. The SMILES string of the molecule is COc1cc(OC)cc(C(=O)NC(=S)Nc2cc(-c3nc4ccc(C)cc4o3)ccc2C)c1. The molecule has 33 heavy (non-hydrogen) atoms. The van der Waals surface area contributed by atoms with Crippen LogP contribution in [0.15, 0.2) is 59.0 Å². The average molecular weight is 462 g/mol. The maximum absolute atomic E-state index is 12.7. The molecular formula is C25H23N3O4S. The van der Waals surface area contributed by atoms with E-state index in [4.69, 9.17) is 26.1 Å². The highest BCUT2D eigenvalue weighted by molar-refractivity contribution is 7.80. The first-order chi connectivity index (χ1) is 15.9. The van der Waals surface area contributed by atoms with E-state index >= 15 is 0 Å². The average Bonchev–Trinajstić information content (AvgIpc) is 3.23. The van der Waals surface area contributed by atoms with Crippen LogP contribution >= 0.6 is 12.2 Å². The highest BCUT2D eigenvalue weighted by Crippen LogP contribution is 2.28. The van der Waals surface area contributed by atoms with Crippen LogP contribution < -0.4 is 20.1 Å². The van der Waals surface area contributed by atoms with Gasteiger partial charge in [-0.05, 0) is 73.6 Å². The molecule has 0 aliphatic rings. The second-order valence-electron chi connectivity index (χ2n) is 7.53. The molecule has 4 rings (SSSR count). The molecule has 0 aliphatic heterocycles. The maximum atomic E-state index is 12.7. The normalized spacial score (nSPS) is 10.7. The van der Waals surface area contributed by atoms with Crippen LogP contribution in [0.5, 0.6) is 11.5 Å². The van der Waals surface area contributed by atoms with Crippen molar-refractivity contribution < 1.29 is 18.7 Å². The lowest BCUT2D eigenvalue weighted by atomic mass is 10.1. The van der Waals surface area contributed by atoms with Gasteiger partial charge in [-0.1, -0.05) is 12.1 Å². The number of carbonyl (C=O) groups is 1. The Balaban J connectivity index is 1.52. The Morgan fingerprint density at radius 3 is 2.39 bits per heavy atom. The maximum Gasteiger partial charge on any atom is 0.257 e. The van der Waals surface area contributed by atoms with Gasteiger partial charge < -0.3 is 19.2 Å². The monoisotopic (exact) mass is 461 g/mol. The number of anilines is 1. The van der Waals surface area contributed by atoms with Crippen molar-refractivity contribution in [1.82, 2.24) is 10.3 Å². The van der Waals surface area contributed by atoms with Crippen molar-refractivity contribution >= 4 is 40.0 Å². The second kappa shape index (κ2) is 9.30. The summed E-state index contributed by atoms with van der Waals surface area (Å²) in [4.78, 5) is 17.3. The molecule has 0 saturated carbocycles. The fourth-order valence-electron chi connectivity index (χ4n) is 3.31. The molecule has 0 unspecified atom stereocenters. The van der Waals surface area contributed by atoms with Gasteiger partial charge in [-0.3, -0.25) is 10.1 Å². The highest BCUT2D eigenvalue weighted by Gasteiger charge is 2.14. The van der Waals surface area contributed by atoms with Gasteiger partial charge in [-0.2, -0.15) is 0 Å². The van der Waals surface area contributed by atoms with E-state index in [1.807, 2.05) is 50.2 Å². The standard InChI is InChI=1S/C25H23N3O4S/c1-14-5-8-20-22(9-14)32-24(26-20)16-7-6-15(2)21(12-16)27-25(33)28-23(29)17-10-18(30-3)13-19(11-17)31-4/h5-13H,1-4H3,(H2,27,28,29,33). The van der Waals surface area contributed by atoms with Crippen molar-refractivity contribution in [3.05, 3.63) is 71.3 Å². The third kappa shape index (κ3) is 4.96. The zero-order chi connectivity index (χ0) is 23.5. The molecule has 0 aliphatic carbocycles. The van der Waals surface area contributed by atoms with Gasteiger partial charge in [-0.25, -0.2) is 4.98 Å². The molecule has 0 bridgehead atoms.